The number of hydrogen-bond donors (Lipinski definition) is 0. The Labute approximate surface area is 117 Å². The molecule has 0 amide bonds. The van der Waals surface area contributed by atoms with Crippen LogP contribution in [0.2, 0.25) is 0 Å². The van der Waals surface area contributed by atoms with Gasteiger partial charge in [0.25, 0.3) is 0 Å². The van der Waals surface area contributed by atoms with Crippen molar-refractivity contribution in [2.45, 2.75) is 39.5 Å². The van der Waals surface area contributed by atoms with E-state index in [4.69, 9.17) is 14.2 Å². The van der Waals surface area contributed by atoms with Gasteiger partial charge in [-0.25, -0.2) is 4.79 Å². The van der Waals surface area contributed by atoms with Gasteiger partial charge in [-0.1, -0.05) is 39.7 Å². The lowest BCUT2D eigenvalue weighted by Gasteiger charge is -2.14. The lowest BCUT2D eigenvalue weighted by Crippen LogP contribution is -2.14. The summed E-state index contributed by atoms with van der Waals surface area (Å²) >= 11 is 0. The van der Waals surface area contributed by atoms with Crippen molar-refractivity contribution >= 4 is 5.97 Å². The highest BCUT2D eigenvalue weighted by atomic mass is 16.6. The molecule has 0 spiro atoms. The normalized spacial score (nSPS) is 12.1. The lowest BCUT2D eigenvalue weighted by molar-refractivity contribution is -0.139. The number of carbonyl (C=O) groups excluding carboxylic acids is 1. The van der Waals surface area contributed by atoms with E-state index < -0.39 is 5.97 Å². The van der Waals surface area contributed by atoms with Gasteiger partial charge in [-0.15, -0.1) is 0 Å². The Bertz CT molecular complexity index is 228. The first-order chi connectivity index (χ1) is 9.24. The van der Waals surface area contributed by atoms with E-state index in [9.17, 15) is 4.79 Å². The van der Waals surface area contributed by atoms with E-state index in [2.05, 4.69) is 20.4 Å². The minimum Gasteiger partial charge on any atom is -0.460 e. The van der Waals surface area contributed by atoms with Gasteiger partial charge in [-0.3, -0.25) is 0 Å². The molecule has 0 saturated heterocycles. The number of carbonyl (C=O) groups is 1. The fourth-order valence-electron chi connectivity index (χ4n) is 1.63. The van der Waals surface area contributed by atoms with Crippen molar-refractivity contribution in [2.24, 2.45) is 5.92 Å². The molecule has 0 rings (SSSR count). The number of esters is 1. The number of ether oxygens (including phenoxy) is 3. The molecule has 0 bridgehead atoms. The summed E-state index contributed by atoms with van der Waals surface area (Å²) in [5, 5.41) is 0. The van der Waals surface area contributed by atoms with E-state index in [1.54, 1.807) is 0 Å². The topological polar surface area (TPSA) is 44.8 Å². The second-order valence-electron chi connectivity index (χ2n) is 4.48. The second-order valence-corrected chi connectivity index (χ2v) is 4.48. The highest BCUT2D eigenvalue weighted by Crippen LogP contribution is 2.12. The first kappa shape index (κ1) is 18.1. The molecule has 1 atom stereocenters. The zero-order chi connectivity index (χ0) is 14.3. The molecule has 0 saturated carbocycles. The highest BCUT2D eigenvalue weighted by Gasteiger charge is 2.05. The van der Waals surface area contributed by atoms with E-state index in [-0.39, 0.29) is 6.61 Å². The Morgan fingerprint density at radius 2 is 1.84 bits per heavy atom. The molecule has 0 aliphatic rings. The standard InChI is InChI=1S/C15H28O4/c1-4-7-8-14(5-2)13-18-10-9-17-11-12-19-15(16)6-3/h6,14H,3-5,7-13H2,1-2H3. The Kier molecular flexibility index (Phi) is 12.9. The molecule has 0 N–H and O–H groups in total. The fraction of sp³-hybridized carbons (Fsp3) is 0.800. The van der Waals surface area contributed by atoms with Gasteiger partial charge in [0.2, 0.25) is 0 Å². The first-order valence-electron chi connectivity index (χ1n) is 7.19. The number of rotatable bonds is 13. The van der Waals surface area contributed by atoms with Gasteiger partial charge in [0.1, 0.15) is 6.61 Å². The van der Waals surface area contributed by atoms with Crippen LogP contribution in [0.1, 0.15) is 39.5 Å². The molecule has 0 aromatic rings. The monoisotopic (exact) mass is 272 g/mol. The van der Waals surface area contributed by atoms with Crippen molar-refractivity contribution in [3.05, 3.63) is 12.7 Å². The summed E-state index contributed by atoms with van der Waals surface area (Å²) in [6, 6.07) is 0. The van der Waals surface area contributed by atoms with Gasteiger partial charge in [-0.2, -0.15) is 0 Å². The minimum absolute atomic E-state index is 0.263. The first-order valence-corrected chi connectivity index (χ1v) is 7.19. The van der Waals surface area contributed by atoms with Crippen molar-refractivity contribution in [2.75, 3.05) is 33.0 Å². The molecule has 0 aliphatic heterocycles. The molecule has 4 heteroatoms. The molecular formula is C15H28O4. The summed E-state index contributed by atoms with van der Waals surface area (Å²) in [6.07, 6.45) is 6.06. The quantitative estimate of drug-likeness (QED) is 0.294. The third kappa shape index (κ3) is 11.9. The van der Waals surface area contributed by atoms with Crippen LogP contribution in [-0.2, 0) is 19.0 Å². The molecule has 19 heavy (non-hydrogen) atoms. The summed E-state index contributed by atoms with van der Waals surface area (Å²) in [6.45, 7) is 10.3. The third-order valence-electron chi connectivity index (χ3n) is 2.91. The van der Waals surface area contributed by atoms with Gasteiger partial charge in [0, 0.05) is 12.7 Å². The van der Waals surface area contributed by atoms with Gasteiger partial charge in [0.15, 0.2) is 0 Å². The zero-order valence-electron chi connectivity index (χ0n) is 12.4. The lowest BCUT2D eigenvalue weighted by atomic mass is 10.0. The Morgan fingerprint density at radius 3 is 2.47 bits per heavy atom. The van der Waals surface area contributed by atoms with Crippen LogP contribution in [0.3, 0.4) is 0 Å². The van der Waals surface area contributed by atoms with Gasteiger partial charge in [0.05, 0.1) is 19.8 Å². The van der Waals surface area contributed by atoms with Crippen LogP contribution >= 0.6 is 0 Å². The largest absolute Gasteiger partial charge is 0.460 e. The zero-order valence-corrected chi connectivity index (χ0v) is 12.4. The maximum atomic E-state index is 10.7. The van der Waals surface area contributed by atoms with Crippen LogP contribution < -0.4 is 0 Å². The van der Waals surface area contributed by atoms with Crippen LogP contribution in [0, 0.1) is 5.92 Å². The molecule has 0 aromatic carbocycles. The predicted molar refractivity (Wildman–Crippen MR) is 76.1 cm³/mol. The maximum absolute atomic E-state index is 10.7. The smallest absolute Gasteiger partial charge is 0.330 e. The van der Waals surface area contributed by atoms with Gasteiger partial charge in [-0.05, 0) is 12.3 Å². The average Bonchev–Trinajstić information content (AvgIpc) is 2.44. The van der Waals surface area contributed by atoms with Crippen molar-refractivity contribution in [3.63, 3.8) is 0 Å². The Morgan fingerprint density at radius 1 is 1.16 bits per heavy atom. The summed E-state index contributed by atoms with van der Waals surface area (Å²) in [5.74, 6) is 0.245. The summed E-state index contributed by atoms with van der Waals surface area (Å²) in [4.78, 5) is 10.7. The molecule has 0 fully saturated rings. The fourth-order valence-corrected chi connectivity index (χ4v) is 1.63. The van der Waals surface area contributed by atoms with Crippen molar-refractivity contribution in [1.29, 1.82) is 0 Å². The van der Waals surface area contributed by atoms with Gasteiger partial charge >= 0.3 is 5.97 Å². The van der Waals surface area contributed by atoms with Crippen LogP contribution in [0.4, 0.5) is 0 Å². The predicted octanol–water partition coefficient (Wildman–Crippen LogP) is 2.97. The highest BCUT2D eigenvalue weighted by molar-refractivity contribution is 5.81. The summed E-state index contributed by atoms with van der Waals surface area (Å²) < 4.78 is 15.6. The SMILES string of the molecule is C=CC(=O)OCCOCCOCC(CC)CCCC. The molecular weight excluding hydrogens is 244 g/mol. The molecule has 0 radical (unpaired) electrons. The van der Waals surface area contributed by atoms with Crippen molar-refractivity contribution < 1.29 is 19.0 Å². The van der Waals surface area contributed by atoms with E-state index in [0.29, 0.717) is 25.7 Å². The van der Waals surface area contributed by atoms with Crippen LogP contribution in [0.15, 0.2) is 12.7 Å². The van der Waals surface area contributed by atoms with Crippen molar-refractivity contribution in [1.82, 2.24) is 0 Å². The molecule has 112 valence electrons. The number of unbranched alkanes of at least 4 members (excludes halogenated alkanes) is 1. The van der Waals surface area contributed by atoms with E-state index in [1.807, 2.05) is 0 Å². The van der Waals surface area contributed by atoms with E-state index in [1.165, 1.54) is 25.7 Å². The average molecular weight is 272 g/mol. The molecule has 1 unspecified atom stereocenters. The molecule has 0 heterocycles. The van der Waals surface area contributed by atoms with Crippen LogP contribution in [0.5, 0.6) is 0 Å². The van der Waals surface area contributed by atoms with Crippen LogP contribution in [0.25, 0.3) is 0 Å². The maximum Gasteiger partial charge on any atom is 0.330 e. The van der Waals surface area contributed by atoms with E-state index >= 15 is 0 Å². The molecule has 0 aliphatic carbocycles. The molecule has 4 nitrogen and oxygen atoms in total. The summed E-state index contributed by atoms with van der Waals surface area (Å²) in [5.41, 5.74) is 0. The third-order valence-corrected chi connectivity index (χ3v) is 2.91. The van der Waals surface area contributed by atoms with Crippen molar-refractivity contribution in [3.8, 4) is 0 Å². The van der Waals surface area contributed by atoms with Crippen LogP contribution in [-0.4, -0.2) is 39.0 Å². The van der Waals surface area contributed by atoms with Gasteiger partial charge < -0.3 is 14.2 Å². The Hall–Kier alpha value is -0.870. The second kappa shape index (κ2) is 13.6. The molecule has 0 aromatic heterocycles. The minimum atomic E-state index is -0.415. The van der Waals surface area contributed by atoms with E-state index in [0.717, 1.165) is 12.7 Å². The number of hydrogen-bond acceptors (Lipinski definition) is 4. The summed E-state index contributed by atoms with van der Waals surface area (Å²) in [7, 11) is 0. The Balaban J connectivity index is 3.29.